The Labute approximate surface area is 133 Å². The molecular formula is C15H19BrClNO2. The first-order valence-corrected chi connectivity index (χ1v) is 8.15. The SMILES string of the molecule is CCCOC1CCCN(C(=O)c2ccc(Cl)cc2Br)C1. The van der Waals surface area contributed by atoms with Crippen LogP contribution in [0.2, 0.25) is 5.02 Å². The summed E-state index contributed by atoms with van der Waals surface area (Å²) in [6.07, 6.45) is 3.20. The standard InChI is InChI=1S/C15H19BrClNO2/c1-2-8-20-12-4-3-7-18(10-12)15(19)13-6-5-11(17)9-14(13)16/h5-6,9,12H,2-4,7-8,10H2,1H3. The molecule has 1 fully saturated rings. The number of hydrogen-bond acceptors (Lipinski definition) is 2. The topological polar surface area (TPSA) is 29.5 Å². The van der Waals surface area contributed by atoms with Gasteiger partial charge in [0.25, 0.3) is 5.91 Å². The number of ether oxygens (including phenoxy) is 1. The van der Waals surface area contributed by atoms with E-state index in [1.165, 1.54) is 0 Å². The zero-order chi connectivity index (χ0) is 14.5. The molecular weight excluding hydrogens is 342 g/mol. The number of carbonyl (C=O) groups excluding carboxylic acids is 1. The molecule has 0 radical (unpaired) electrons. The molecule has 1 saturated heterocycles. The Hall–Kier alpha value is -0.580. The van der Waals surface area contributed by atoms with Crippen LogP contribution in [0.1, 0.15) is 36.5 Å². The number of rotatable bonds is 4. The molecule has 1 unspecified atom stereocenters. The fourth-order valence-corrected chi connectivity index (χ4v) is 3.23. The van der Waals surface area contributed by atoms with Crippen LogP contribution in [-0.4, -0.2) is 36.6 Å². The average Bonchev–Trinajstić information content (AvgIpc) is 2.45. The maximum absolute atomic E-state index is 12.5. The van der Waals surface area contributed by atoms with Crippen molar-refractivity contribution in [1.29, 1.82) is 0 Å². The first-order chi connectivity index (χ1) is 9.61. The Morgan fingerprint density at radius 2 is 2.35 bits per heavy atom. The molecule has 0 aliphatic carbocycles. The van der Waals surface area contributed by atoms with E-state index in [9.17, 15) is 4.79 Å². The molecule has 2 rings (SSSR count). The maximum atomic E-state index is 12.5. The summed E-state index contributed by atoms with van der Waals surface area (Å²) in [7, 11) is 0. The molecule has 1 aliphatic rings. The summed E-state index contributed by atoms with van der Waals surface area (Å²) in [5.41, 5.74) is 0.658. The van der Waals surface area contributed by atoms with Crippen LogP contribution >= 0.6 is 27.5 Å². The van der Waals surface area contributed by atoms with Crippen LogP contribution in [0.4, 0.5) is 0 Å². The molecule has 0 aromatic heterocycles. The molecule has 20 heavy (non-hydrogen) atoms. The summed E-state index contributed by atoms with van der Waals surface area (Å²) in [5.74, 6) is 0.0401. The summed E-state index contributed by atoms with van der Waals surface area (Å²) < 4.78 is 6.51. The molecule has 1 heterocycles. The van der Waals surface area contributed by atoms with E-state index in [-0.39, 0.29) is 12.0 Å². The van der Waals surface area contributed by atoms with E-state index >= 15 is 0 Å². The second kappa shape index (κ2) is 7.43. The number of carbonyl (C=O) groups is 1. The van der Waals surface area contributed by atoms with Crippen molar-refractivity contribution in [3.63, 3.8) is 0 Å². The van der Waals surface area contributed by atoms with Crippen LogP contribution in [0.3, 0.4) is 0 Å². The van der Waals surface area contributed by atoms with E-state index in [0.717, 1.165) is 36.9 Å². The van der Waals surface area contributed by atoms with Crippen LogP contribution in [0.5, 0.6) is 0 Å². The van der Waals surface area contributed by atoms with Crippen molar-refractivity contribution < 1.29 is 9.53 Å². The van der Waals surface area contributed by atoms with Crippen molar-refractivity contribution in [3.8, 4) is 0 Å². The van der Waals surface area contributed by atoms with Crippen molar-refractivity contribution in [1.82, 2.24) is 4.90 Å². The summed E-state index contributed by atoms with van der Waals surface area (Å²) >= 11 is 9.32. The third-order valence-corrected chi connectivity index (χ3v) is 4.28. The lowest BCUT2D eigenvalue weighted by Gasteiger charge is -2.33. The highest BCUT2D eigenvalue weighted by Gasteiger charge is 2.25. The predicted molar refractivity (Wildman–Crippen MR) is 84.3 cm³/mol. The summed E-state index contributed by atoms with van der Waals surface area (Å²) in [5, 5.41) is 0.622. The normalized spacial score (nSPS) is 19.1. The molecule has 0 N–H and O–H groups in total. The number of amides is 1. The van der Waals surface area contributed by atoms with Gasteiger partial charge in [0.1, 0.15) is 0 Å². The van der Waals surface area contributed by atoms with Gasteiger partial charge in [-0.3, -0.25) is 4.79 Å². The van der Waals surface area contributed by atoms with Gasteiger partial charge in [0, 0.05) is 29.2 Å². The molecule has 1 atom stereocenters. The Balaban J connectivity index is 2.04. The van der Waals surface area contributed by atoms with Crippen LogP contribution < -0.4 is 0 Å². The minimum atomic E-state index is 0.0401. The van der Waals surface area contributed by atoms with Crippen LogP contribution in [0.15, 0.2) is 22.7 Å². The molecule has 110 valence electrons. The largest absolute Gasteiger partial charge is 0.376 e. The second-order valence-corrected chi connectivity index (χ2v) is 6.30. The molecule has 1 aliphatic heterocycles. The van der Waals surface area contributed by atoms with Gasteiger partial charge in [-0.15, -0.1) is 0 Å². The van der Waals surface area contributed by atoms with Gasteiger partial charge in [0.2, 0.25) is 0 Å². The van der Waals surface area contributed by atoms with E-state index in [0.29, 0.717) is 17.1 Å². The van der Waals surface area contributed by atoms with Crippen molar-refractivity contribution >= 4 is 33.4 Å². The van der Waals surface area contributed by atoms with Gasteiger partial charge in [0.05, 0.1) is 11.7 Å². The molecule has 0 saturated carbocycles. The van der Waals surface area contributed by atoms with Gasteiger partial charge in [-0.2, -0.15) is 0 Å². The monoisotopic (exact) mass is 359 g/mol. The van der Waals surface area contributed by atoms with E-state index < -0.39 is 0 Å². The van der Waals surface area contributed by atoms with Crippen molar-refractivity contribution in [2.24, 2.45) is 0 Å². The molecule has 1 amide bonds. The fraction of sp³-hybridized carbons (Fsp3) is 0.533. The lowest BCUT2D eigenvalue weighted by Crippen LogP contribution is -2.43. The Morgan fingerprint density at radius 1 is 1.55 bits per heavy atom. The second-order valence-electron chi connectivity index (χ2n) is 5.01. The molecule has 0 spiro atoms. The van der Waals surface area contributed by atoms with Gasteiger partial charge in [-0.05, 0) is 53.4 Å². The van der Waals surface area contributed by atoms with Gasteiger partial charge >= 0.3 is 0 Å². The minimum Gasteiger partial charge on any atom is -0.376 e. The molecule has 0 bridgehead atoms. The predicted octanol–water partition coefficient (Wildman–Crippen LogP) is 4.13. The lowest BCUT2D eigenvalue weighted by molar-refractivity contribution is 0.00208. The molecule has 5 heteroatoms. The fourth-order valence-electron chi connectivity index (χ4n) is 2.38. The highest BCUT2D eigenvalue weighted by atomic mass is 79.9. The summed E-state index contributed by atoms with van der Waals surface area (Å²) in [4.78, 5) is 14.4. The van der Waals surface area contributed by atoms with Crippen LogP contribution in [0.25, 0.3) is 0 Å². The Morgan fingerprint density at radius 3 is 3.05 bits per heavy atom. The maximum Gasteiger partial charge on any atom is 0.255 e. The van der Waals surface area contributed by atoms with Gasteiger partial charge in [-0.1, -0.05) is 18.5 Å². The highest BCUT2D eigenvalue weighted by Crippen LogP contribution is 2.24. The third kappa shape index (κ3) is 3.96. The highest BCUT2D eigenvalue weighted by molar-refractivity contribution is 9.10. The summed E-state index contributed by atoms with van der Waals surface area (Å²) in [6.45, 7) is 4.32. The zero-order valence-corrected chi connectivity index (χ0v) is 13.9. The number of hydrogen-bond donors (Lipinski definition) is 0. The molecule has 1 aromatic carbocycles. The quantitative estimate of drug-likeness (QED) is 0.808. The average molecular weight is 361 g/mol. The van der Waals surface area contributed by atoms with Crippen LogP contribution in [-0.2, 0) is 4.74 Å². The minimum absolute atomic E-state index is 0.0401. The Kier molecular flexibility index (Phi) is 5.87. The number of likely N-dealkylation sites (tertiary alicyclic amines) is 1. The molecule has 1 aromatic rings. The number of benzene rings is 1. The first-order valence-electron chi connectivity index (χ1n) is 6.97. The third-order valence-electron chi connectivity index (χ3n) is 3.38. The number of piperidine rings is 1. The van der Waals surface area contributed by atoms with Crippen molar-refractivity contribution in [3.05, 3.63) is 33.3 Å². The van der Waals surface area contributed by atoms with Gasteiger partial charge in [0.15, 0.2) is 0 Å². The first kappa shape index (κ1) is 15.8. The van der Waals surface area contributed by atoms with E-state index in [1.807, 2.05) is 4.90 Å². The summed E-state index contributed by atoms with van der Waals surface area (Å²) in [6, 6.07) is 5.27. The van der Waals surface area contributed by atoms with Crippen molar-refractivity contribution in [2.75, 3.05) is 19.7 Å². The number of nitrogens with zero attached hydrogens (tertiary/aromatic N) is 1. The van der Waals surface area contributed by atoms with E-state index in [1.54, 1.807) is 18.2 Å². The van der Waals surface area contributed by atoms with Gasteiger partial charge < -0.3 is 9.64 Å². The number of halogens is 2. The zero-order valence-electron chi connectivity index (χ0n) is 11.6. The smallest absolute Gasteiger partial charge is 0.255 e. The van der Waals surface area contributed by atoms with Crippen LogP contribution in [0, 0.1) is 0 Å². The Bertz CT molecular complexity index is 481. The van der Waals surface area contributed by atoms with E-state index in [4.69, 9.17) is 16.3 Å². The van der Waals surface area contributed by atoms with Crippen molar-refractivity contribution in [2.45, 2.75) is 32.3 Å². The van der Waals surface area contributed by atoms with Gasteiger partial charge in [-0.25, -0.2) is 0 Å². The lowest BCUT2D eigenvalue weighted by atomic mass is 10.1. The molecule has 3 nitrogen and oxygen atoms in total. The van der Waals surface area contributed by atoms with E-state index in [2.05, 4.69) is 22.9 Å².